The second-order valence-electron chi connectivity index (χ2n) is 6.60. The summed E-state index contributed by atoms with van der Waals surface area (Å²) in [6.45, 7) is 8.67. The number of benzene rings is 1. The second kappa shape index (κ2) is 7.01. The minimum atomic E-state index is 0.233. The maximum Gasteiger partial charge on any atom is 0.120 e. The van der Waals surface area contributed by atoms with Gasteiger partial charge in [-0.15, -0.1) is 0 Å². The smallest absolute Gasteiger partial charge is 0.120 e. The summed E-state index contributed by atoms with van der Waals surface area (Å²) in [7, 11) is 0. The quantitative estimate of drug-likeness (QED) is 0.766. The highest BCUT2D eigenvalue weighted by molar-refractivity contribution is 5.54. The average Bonchev–Trinajstić information content (AvgIpc) is 2.57. The van der Waals surface area contributed by atoms with E-state index >= 15 is 0 Å². The SMILES string of the molecule is Cc1cc(OC(C)C)ccc1NC1CCCC(C)CC1. The fourth-order valence-corrected chi connectivity index (χ4v) is 2.99. The summed E-state index contributed by atoms with van der Waals surface area (Å²) in [5, 5.41) is 3.73. The van der Waals surface area contributed by atoms with Crippen molar-refractivity contribution >= 4 is 5.69 Å². The molecule has 112 valence electrons. The Bertz CT molecular complexity index is 427. The minimum absolute atomic E-state index is 0.233. The molecule has 1 aliphatic carbocycles. The van der Waals surface area contributed by atoms with Crippen LogP contribution in [-0.4, -0.2) is 12.1 Å². The topological polar surface area (TPSA) is 21.3 Å². The summed E-state index contributed by atoms with van der Waals surface area (Å²) in [5.74, 6) is 1.86. The highest BCUT2D eigenvalue weighted by atomic mass is 16.5. The van der Waals surface area contributed by atoms with Crippen molar-refractivity contribution in [1.82, 2.24) is 0 Å². The highest BCUT2D eigenvalue weighted by Crippen LogP contribution is 2.28. The van der Waals surface area contributed by atoms with Crippen LogP contribution in [0.25, 0.3) is 0 Å². The van der Waals surface area contributed by atoms with Crippen LogP contribution in [-0.2, 0) is 0 Å². The molecule has 0 saturated heterocycles. The number of hydrogen-bond donors (Lipinski definition) is 1. The molecule has 1 saturated carbocycles. The average molecular weight is 275 g/mol. The number of anilines is 1. The van der Waals surface area contributed by atoms with E-state index in [9.17, 15) is 0 Å². The van der Waals surface area contributed by atoms with E-state index in [0.717, 1.165) is 11.7 Å². The van der Waals surface area contributed by atoms with Gasteiger partial charge in [0.15, 0.2) is 0 Å². The van der Waals surface area contributed by atoms with Gasteiger partial charge in [-0.25, -0.2) is 0 Å². The van der Waals surface area contributed by atoms with Crippen molar-refractivity contribution in [3.05, 3.63) is 23.8 Å². The van der Waals surface area contributed by atoms with Gasteiger partial charge < -0.3 is 10.1 Å². The molecule has 2 atom stereocenters. The number of rotatable bonds is 4. The maximum atomic E-state index is 5.75. The van der Waals surface area contributed by atoms with Crippen LogP contribution in [0.3, 0.4) is 0 Å². The van der Waals surface area contributed by atoms with Crippen molar-refractivity contribution in [3.8, 4) is 5.75 Å². The maximum absolute atomic E-state index is 5.75. The van der Waals surface area contributed by atoms with Gasteiger partial charge in [0.1, 0.15) is 5.75 Å². The van der Waals surface area contributed by atoms with Gasteiger partial charge in [0.2, 0.25) is 0 Å². The van der Waals surface area contributed by atoms with Crippen molar-refractivity contribution in [2.45, 2.75) is 71.9 Å². The predicted molar refractivity (Wildman–Crippen MR) is 86.6 cm³/mol. The molecular weight excluding hydrogens is 246 g/mol. The van der Waals surface area contributed by atoms with E-state index in [1.54, 1.807) is 0 Å². The molecule has 2 unspecified atom stereocenters. The minimum Gasteiger partial charge on any atom is -0.491 e. The second-order valence-corrected chi connectivity index (χ2v) is 6.60. The third-order valence-corrected chi connectivity index (χ3v) is 4.19. The summed E-state index contributed by atoms with van der Waals surface area (Å²) in [6.07, 6.45) is 6.92. The summed E-state index contributed by atoms with van der Waals surface area (Å²) in [5.41, 5.74) is 2.54. The normalized spacial score (nSPS) is 23.4. The molecule has 20 heavy (non-hydrogen) atoms. The number of ether oxygens (including phenoxy) is 1. The Morgan fingerprint density at radius 2 is 1.95 bits per heavy atom. The monoisotopic (exact) mass is 275 g/mol. The molecular formula is C18H29NO. The first-order valence-electron chi connectivity index (χ1n) is 8.08. The van der Waals surface area contributed by atoms with Crippen molar-refractivity contribution in [2.75, 3.05) is 5.32 Å². The van der Waals surface area contributed by atoms with Crippen molar-refractivity contribution in [2.24, 2.45) is 5.92 Å². The van der Waals surface area contributed by atoms with Crippen LogP contribution >= 0.6 is 0 Å². The fraction of sp³-hybridized carbons (Fsp3) is 0.667. The lowest BCUT2D eigenvalue weighted by Gasteiger charge is -2.20. The van der Waals surface area contributed by atoms with Crippen LogP contribution in [0.5, 0.6) is 5.75 Å². The zero-order chi connectivity index (χ0) is 14.5. The van der Waals surface area contributed by atoms with E-state index in [2.05, 4.69) is 51.2 Å². The van der Waals surface area contributed by atoms with E-state index in [1.165, 1.54) is 43.4 Å². The van der Waals surface area contributed by atoms with Gasteiger partial charge in [-0.2, -0.15) is 0 Å². The molecule has 1 N–H and O–H groups in total. The lowest BCUT2D eigenvalue weighted by molar-refractivity contribution is 0.242. The lowest BCUT2D eigenvalue weighted by Crippen LogP contribution is -2.19. The summed E-state index contributed by atoms with van der Waals surface area (Å²) >= 11 is 0. The van der Waals surface area contributed by atoms with Gasteiger partial charge in [0.05, 0.1) is 6.10 Å². The number of aryl methyl sites for hydroxylation is 1. The standard InChI is InChI=1S/C18H29NO/c1-13(2)20-17-10-11-18(15(4)12-17)19-16-7-5-6-14(3)8-9-16/h10-14,16,19H,5-9H2,1-4H3. The van der Waals surface area contributed by atoms with Crippen LogP contribution in [0, 0.1) is 12.8 Å². The van der Waals surface area contributed by atoms with Gasteiger partial charge in [-0.3, -0.25) is 0 Å². The van der Waals surface area contributed by atoms with Crippen molar-refractivity contribution < 1.29 is 4.74 Å². The van der Waals surface area contributed by atoms with E-state index in [0.29, 0.717) is 6.04 Å². The molecule has 0 amide bonds. The molecule has 1 fully saturated rings. The molecule has 0 radical (unpaired) electrons. The van der Waals surface area contributed by atoms with Crippen molar-refractivity contribution in [1.29, 1.82) is 0 Å². The molecule has 1 aromatic rings. The molecule has 1 aliphatic rings. The van der Waals surface area contributed by atoms with Crippen LogP contribution < -0.4 is 10.1 Å². The first-order chi connectivity index (χ1) is 9.54. The predicted octanol–water partition coefficient (Wildman–Crippen LogP) is 5.16. The molecule has 2 rings (SSSR count). The largest absolute Gasteiger partial charge is 0.491 e. The molecule has 0 spiro atoms. The fourth-order valence-electron chi connectivity index (χ4n) is 2.99. The van der Waals surface area contributed by atoms with Gasteiger partial charge >= 0.3 is 0 Å². The Morgan fingerprint density at radius 3 is 2.65 bits per heavy atom. The molecule has 2 heteroatoms. The van der Waals surface area contributed by atoms with Gasteiger partial charge in [-0.1, -0.05) is 19.8 Å². The highest BCUT2D eigenvalue weighted by Gasteiger charge is 2.16. The van der Waals surface area contributed by atoms with Crippen molar-refractivity contribution in [3.63, 3.8) is 0 Å². The summed E-state index contributed by atoms with van der Waals surface area (Å²) in [4.78, 5) is 0. The molecule has 0 bridgehead atoms. The van der Waals surface area contributed by atoms with Gasteiger partial charge in [0.25, 0.3) is 0 Å². The Morgan fingerprint density at radius 1 is 1.15 bits per heavy atom. The lowest BCUT2D eigenvalue weighted by atomic mass is 10.0. The molecule has 0 aromatic heterocycles. The van der Waals surface area contributed by atoms with Gasteiger partial charge in [-0.05, 0) is 69.7 Å². The van der Waals surface area contributed by atoms with Gasteiger partial charge in [0, 0.05) is 11.7 Å². The molecule has 1 aromatic carbocycles. The van der Waals surface area contributed by atoms with E-state index < -0.39 is 0 Å². The van der Waals surface area contributed by atoms with Crippen LogP contribution in [0.15, 0.2) is 18.2 Å². The Hall–Kier alpha value is -1.18. The molecule has 0 heterocycles. The zero-order valence-corrected chi connectivity index (χ0v) is 13.4. The third-order valence-electron chi connectivity index (χ3n) is 4.19. The van der Waals surface area contributed by atoms with E-state index in [4.69, 9.17) is 4.74 Å². The molecule has 0 aliphatic heterocycles. The Labute approximate surface area is 123 Å². The third kappa shape index (κ3) is 4.43. The number of nitrogens with one attached hydrogen (secondary N) is 1. The zero-order valence-electron chi connectivity index (χ0n) is 13.4. The van der Waals surface area contributed by atoms with Crippen LogP contribution in [0.1, 0.15) is 58.4 Å². The molecule has 2 nitrogen and oxygen atoms in total. The van der Waals surface area contributed by atoms with Crippen LogP contribution in [0.2, 0.25) is 0 Å². The number of hydrogen-bond acceptors (Lipinski definition) is 2. The summed E-state index contributed by atoms with van der Waals surface area (Å²) in [6, 6.07) is 7.02. The summed E-state index contributed by atoms with van der Waals surface area (Å²) < 4.78 is 5.75. The Balaban J connectivity index is 1.98. The first kappa shape index (κ1) is 15.2. The van der Waals surface area contributed by atoms with E-state index in [-0.39, 0.29) is 6.10 Å². The van der Waals surface area contributed by atoms with E-state index in [1.807, 2.05) is 0 Å². The Kier molecular flexibility index (Phi) is 5.33. The first-order valence-corrected chi connectivity index (χ1v) is 8.08. The van der Waals surface area contributed by atoms with Crippen LogP contribution in [0.4, 0.5) is 5.69 Å².